The van der Waals surface area contributed by atoms with E-state index in [4.69, 9.17) is 9.47 Å². The van der Waals surface area contributed by atoms with Gasteiger partial charge in [-0.25, -0.2) is 4.79 Å². The molecule has 0 bridgehead atoms. The molecule has 3 atom stereocenters. The predicted octanol–water partition coefficient (Wildman–Crippen LogP) is 4.11. The van der Waals surface area contributed by atoms with Gasteiger partial charge in [0.25, 0.3) is 0 Å². The van der Waals surface area contributed by atoms with Gasteiger partial charge in [-0.1, -0.05) is 69.3 Å². The maximum atomic E-state index is 12.1. The Balaban J connectivity index is 1.72. The van der Waals surface area contributed by atoms with Crippen molar-refractivity contribution in [2.75, 3.05) is 12.4 Å². The number of ether oxygens (including phenoxy) is 2. The van der Waals surface area contributed by atoms with Crippen LogP contribution in [-0.4, -0.2) is 35.5 Å². The number of benzene rings is 1. The third-order valence-corrected chi connectivity index (χ3v) is 5.80. The number of esters is 2. The second-order valence-electron chi connectivity index (χ2n) is 7.46. The van der Waals surface area contributed by atoms with Crippen molar-refractivity contribution < 1.29 is 23.9 Å². The van der Waals surface area contributed by atoms with E-state index in [2.05, 4.69) is 20.8 Å². The highest BCUT2D eigenvalue weighted by Crippen LogP contribution is 2.35. The molecule has 1 aliphatic rings. The number of hydrogen-bond acceptors (Lipinski definition) is 6. The van der Waals surface area contributed by atoms with Crippen molar-refractivity contribution in [3.63, 3.8) is 0 Å². The van der Waals surface area contributed by atoms with E-state index >= 15 is 0 Å². The minimum absolute atomic E-state index is 0.117. The summed E-state index contributed by atoms with van der Waals surface area (Å²) < 4.78 is 10.6. The highest BCUT2D eigenvalue weighted by molar-refractivity contribution is 8.14. The van der Waals surface area contributed by atoms with Gasteiger partial charge in [0.2, 0.25) is 5.12 Å². The van der Waals surface area contributed by atoms with E-state index in [0.717, 1.165) is 31.0 Å². The summed E-state index contributed by atoms with van der Waals surface area (Å²) in [5, 5.41) is -0.203. The number of hydrogen-bond donors (Lipinski definition) is 0. The van der Waals surface area contributed by atoms with Gasteiger partial charge in [0.05, 0.1) is 5.75 Å². The SMILES string of the molecule is CC(C)[C@H]1CC[C@@H](C)C[C@H]1OC(=O)COC(=O)CSC(=O)c1ccccc1. The molecule has 0 spiro atoms. The van der Waals surface area contributed by atoms with E-state index in [1.165, 1.54) is 0 Å². The summed E-state index contributed by atoms with van der Waals surface area (Å²) in [6.45, 7) is 6.04. The lowest BCUT2D eigenvalue weighted by Crippen LogP contribution is -2.36. The van der Waals surface area contributed by atoms with E-state index in [1.807, 2.05) is 6.07 Å². The lowest BCUT2D eigenvalue weighted by molar-refractivity contribution is -0.166. The summed E-state index contributed by atoms with van der Waals surface area (Å²) in [6, 6.07) is 8.72. The first-order valence-electron chi connectivity index (χ1n) is 9.44. The fraction of sp³-hybridized carbons (Fsp3) is 0.571. The lowest BCUT2D eigenvalue weighted by Gasteiger charge is -2.36. The minimum atomic E-state index is -0.598. The average molecular weight is 393 g/mol. The maximum Gasteiger partial charge on any atom is 0.344 e. The predicted molar refractivity (Wildman–Crippen MR) is 105 cm³/mol. The Morgan fingerprint density at radius 2 is 1.81 bits per heavy atom. The van der Waals surface area contributed by atoms with Gasteiger partial charge in [0.1, 0.15) is 6.10 Å². The van der Waals surface area contributed by atoms with Crippen LogP contribution in [0.3, 0.4) is 0 Å². The molecule has 0 saturated heterocycles. The second kappa shape index (κ2) is 10.5. The van der Waals surface area contributed by atoms with Gasteiger partial charge in [-0.05, 0) is 30.6 Å². The Kier molecular flexibility index (Phi) is 8.35. The quantitative estimate of drug-likeness (QED) is 0.651. The van der Waals surface area contributed by atoms with Crippen LogP contribution in [0.5, 0.6) is 0 Å². The smallest absolute Gasteiger partial charge is 0.344 e. The Hall–Kier alpha value is -1.82. The number of rotatable bonds is 7. The van der Waals surface area contributed by atoms with E-state index in [9.17, 15) is 14.4 Å². The van der Waals surface area contributed by atoms with Crippen LogP contribution >= 0.6 is 11.8 Å². The summed E-state index contributed by atoms with van der Waals surface area (Å²) in [7, 11) is 0. The van der Waals surface area contributed by atoms with Crippen molar-refractivity contribution in [1.29, 1.82) is 0 Å². The molecular formula is C21H28O5S. The summed E-state index contributed by atoms with van der Waals surface area (Å²) >= 11 is 0.864. The average Bonchev–Trinajstić information content (AvgIpc) is 2.65. The fourth-order valence-corrected chi connectivity index (χ4v) is 4.05. The standard InChI is InChI=1S/C21H28O5S/c1-14(2)17-10-9-15(3)11-18(17)26-19(22)12-25-20(23)13-27-21(24)16-7-5-4-6-8-16/h4-8,14-15,17-18H,9-13H2,1-3H3/t15-,17-,18-/m1/s1. The van der Waals surface area contributed by atoms with Crippen molar-refractivity contribution in [3.8, 4) is 0 Å². The van der Waals surface area contributed by atoms with Crippen LogP contribution in [-0.2, 0) is 19.1 Å². The molecule has 0 aromatic heterocycles. The van der Waals surface area contributed by atoms with Gasteiger partial charge in [0, 0.05) is 5.56 Å². The summed E-state index contributed by atoms with van der Waals surface area (Å²) in [4.78, 5) is 35.8. The Morgan fingerprint density at radius 3 is 2.48 bits per heavy atom. The molecule has 0 heterocycles. The Labute approximate surface area is 165 Å². The van der Waals surface area contributed by atoms with E-state index in [-0.39, 0.29) is 17.0 Å². The molecule has 148 valence electrons. The Morgan fingerprint density at radius 1 is 1.11 bits per heavy atom. The van der Waals surface area contributed by atoms with E-state index in [0.29, 0.717) is 23.3 Å². The molecule has 1 aliphatic carbocycles. The molecular weight excluding hydrogens is 364 g/mol. The highest BCUT2D eigenvalue weighted by Gasteiger charge is 2.33. The largest absolute Gasteiger partial charge is 0.460 e. The van der Waals surface area contributed by atoms with Gasteiger partial charge in [-0.2, -0.15) is 0 Å². The topological polar surface area (TPSA) is 69.7 Å². The van der Waals surface area contributed by atoms with Gasteiger partial charge in [-0.3, -0.25) is 9.59 Å². The molecule has 2 rings (SSSR count). The number of carbonyl (C=O) groups excluding carboxylic acids is 3. The molecule has 1 aromatic carbocycles. The van der Waals surface area contributed by atoms with Crippen LogP contribution in [0.4, 0.5) is 0 Å². The van der Waals surface area contributed by atoms with Gasteiger partial charge < -0.3 is 9.47 Å². The van der Waals surface area contributed by atoms with Crippen LogP contribution in [0.2, 0.25) is 0 Å². The summed E-state index contributed by atoms with van der Waals surface area (Å²) in [5.41, 5.74) is 0.529. The zero-order chi connectivity index (χ0) is 19.8. The van der Waals surface area contributed by atoms with Gasteiger partial charge in [-0.15, -0.1) is 0 Å². The fourth-order valence-electron chi connectivity index (χ4n) is 3.42. The van der Waals surface area contributed by atoms with E-state index in [1.54, 1.807) is 24.3 Å². The molecule has 0 aliphatic heterocycles. The normalized spacial score (nSPS) is 22.3. The summed E-state index contributed by atoms with van der Waals surface area (Å²) in [5.74, 6) is 0.0702. The third kappa shape index (κ3) is 7.01. The number of thioether (sulfide) groups is 1. The second-order valence-corrected chi connectivity index (χ2v) is 8.41. The molecule has 5 nitrogen and oxygen atoms in total. The van der Waals surface area contributed by atoms with Crippen molar-refractivity contribution in [1.82, 2.24) is 0 Å². The number of carbonyl (C=O) groups is 3. The summed E-state index contributed by atoms with van der Waals surface area (Å²) in [6.07, 6.45) is 2.94. The zero-order valence-corrected chi connectivity index (χ0v) is 17.0. The molecule has 0 unspecified atom stereocenters. The lowest BCUT2D eigenvalue weighted by atomic mass is 9.75. The van der Waals surface area contributed by atoms with Crippen molar-refractivity contribution in [2.24, 2.45) is 17.8 Å². The van der Waals surface area contributed by atoms with Crippen LogP contribution < -0.4 is 0 Å². The molecule has 1 fully saturated rings. The zero-order valence-electron chi connectivity index (χ0n) is 16.2. The van der Waals surface area contributed by atoms with Crippen LogP contribution in [0.15, 0.2) is 30.3 Å². The third-order valence-electron chi connectivity index (χ3n) is 4.93. The van der Waals surface area contributed by atoms with Gasteiger partial charge in [0.15, 0.2) is 6.61 Å². The molecule has 1 saturated carbocycles. The molecule has 0 amide bonds. The molecule has 6 heteroatoms. The van der Waals surface area contributed by atoms with Crippen LogP contribution in [0.1, 0.15) is 50.4 Å². The first kappa shape index (κ1) is 21.5. The molecule has 0 radical (unpaired) electrons. The molecule has 0 N–H and O–H groups in total. The van der Waals surface area contributed by atoms with Crippen molar-refractivity contribution in [2.45, 2.75) is 46.1 Å². The molecule has 1 aromatic rings. The van der Waals surface area contributed by atoms with Crippen molar-refractivity contribution >= 4 is 28.8 Å². The first-order chi connectivity index (χ1) is 12.9. The van der Waals surface area contributed by atoms with Crippen molar-refractivity contribution in [3.05, 3.63) is 35.9 Å². The minimum Gasteiger partial charge on any atom is -0.460 e. The van der Waals surface area contributed by atoms with Crippen LogP contribution in [0, 0.1) is 17.8 Å². The maximum absolute atomic E-state index is 12.1. The Bertz CT molecular complexity index is 643. The van der Waals surface area contributed by atoms with Gasteiger partial charge >= 0.3 is 11.9 Å². The molecule has 27 heavy (non-hydrogen) atoms. The highest BCUT2D eigenvalue weighted by atomic mass is 32.2. The van der Waals surface area contributed by atoms with E-state index < -0.39 is 18.5 Å². The monoisotopic (exact) mass is 392 g/mol. The first-order valence-corrected chi connectivity index (χ1v) is 10.4. The van der Waals surface area contributed by atoms with Crippen LogP contribution in [0.25, 0.3) is 0 Å².